The summed E-state index contributed by atoms with van der Waals surface area (Å²) < 4.78 is 74.8. The van der Waals surface area contributed by atoms with Gasteiger partial charge in [0, 0.05) is 0 Å². The summed E-state index contributed by atoms with van der Waals surface area (Å²) in [5, 5.41) is 17.3. The Morgan fingerprint density at radius 3 is 1.78 bits per heavy atom. The molecule has 1 N–H and O–H groups in total. The average Bonchev–Trinajstić information content (AvgIpc) is 2.24. The summed E-state index contributed by atoms with van der Waals surface area (Å²) in [5.74, 6) is 0. The highest BCUT2D eigenvalue weighted by molar-refractivity contribution is 5.46. The van der Waals surface area contributed by atoms with E-state index in [0.29, 0.717) is 0 Å². The zero-order valence-electron chi connectivity index (χ0n) is 8.52. The molecule has 0 fully saturated rings. The van der Waals surface area contributed by atoms with E-state index in [1.54, 1.807) is 0 Å². The fraction of sp³-hybridized carbons (Fsp3) is 0.300. The molecular formula is C10H5F6NO. The van der Waals surface area contributed by atoms with E-state index < -0.39 is 41.2 Å². The fourth-order valence-corrected chi connectivity index (χ4v) is 1.35. The van der Waals surface area contributed by atoms with Crippen LogP contribution in [0.4, 0.5) is 26.3 Å². The van der Waals surface area contributed by atoms with Gasteiger partial charge in [0.1, 0.15) is 0 Å². The minimum absolute atomic E-state index is 0.0916. The number of hydrogen-bond donors (Lipinski definition) is 1. The molecule has 18 heavy (non-hydrogen) atoms. The van der Waals surface area contributed by atoms with Crippen molar-refractivity contribution in [2.45, 2.75) is 19.0 Å². The third-order valence-corrected chi connectivity index (χ3v) is 2.14. The molecule has 0 radical (unpaired) electrons. The van der Waals surface area contributed by atoms with Crippen LogP contribution in [-0.4, -0.2) is 5.11 Å². The summed E-state index contributed by atoms with van der Waals surface area (Å²) in [5.41, 5.74) is -5.00. The molecule has 0 aliphatic rings. The zero-order chi connectivity index (χ0) is 14.1. The number of halogens is 6. The summed E-state index contributed by atoms with van der Waals surface area (Å²) in [4.78, 5) is 0. The molecule has 0 amide bonds. The van der Waals surface area contributed by atoms with E-state index in [-0.39, 0.29) is 12.1 Å². The quantitative estimate of drug-likeness (QED) is 0.796. The van der Waals surface area contributed by atoms with E-state index >= 15 is 0 Å². The van der Waals surface area contributed by atoms with Crippen LogP contribution in [0.2, 0.25) is 0 Å². The first-order valence-corrected chi connectivity index (χ1v) is 4.43. The predicted octanol–water partition coefficient (Wildman–Crippen LogP) is 3.09. The molecule has 0 aliphatic heterocycles. The number of aliphatic hydroxyl groups excluding tert-OH is 1. The Labute approximate surface area is 97.1 Å². The van der Waals surface area contributed by atoms with Gasteiger partial charge in [-0.25, -0.2) is 0 Å². The number of nitriles is 1. The van der Waals surface area contributed by atoms with Crippen LogP contribution in [-0.2, 0) is 19.0 Å². The lowest BCUT2D eigenvalue weighted by atomic mass is 9.98. The first-order chi connectivity index (χ1) is 8.11. The SMILES string of the molecule is N#Cc1cc(C(F)(F)F)c(C(F)(F)F)cc1CO. The van der Waals surface area contributed by atoms with Crippen LogP contribution < -0.4 is 0 Å². The van der Waals surface area contributed by atoms with Gasteiger partial charge in [0.2, 0.25) is 0 Å². The summed E-state index contributed by atoms with van der Waals surface area (Å²) in [6, 6.07) is 1.54. The Morgan fingerprint density at radius 1 is 1.00 bits per heavy atom. The van der Waals surface area contributed by atoms with Gasteiger partial charge in [-0.1, -0.05) is 0 Å². The van der Waals surface area contributed by atoms with E-state index in [1.165, 1.54) is 6.07 Å². The van der Waals surface area contributed by atoms with Crippen molar-refractivity contribution in [1.29, 1.82) is 5.26 Å². The van der Waals surface area contributed by atoms with Gasteiger partial charge >= 0.3 is 12.4 Å². The Morgan fingerprint density at radius 2 is 1.44 bits per heavy atom. The third-order valence-electron chi connectivity index (χ3n) is 2.14. The van der Waals surface area contributed by atoms with E-state index in [9.17, 15) is 26.3 Å². The number of hydrogen-bond acceptors (Lipinski definition) is 2. The van der Waals surface area contributed by atoms with Gasteiger partial charge < -0.3 is 5.11 Å². The van der Waals surface area contributed by atoms with Crippen molar-refractivity contribution in [3.8, 4) is 6.07 Å². The fourth-order valence-electron chi connectivity index (χ4n) is 1.35. The van der Waals surface area contributed by atoms with Crippen molar-refractivity contribution >= 4 is 0 Å². The van der Waals surface area contributed by atoms with Gasteiger partial charge in [-0.2, -0.15) is 31.6 Å². The lowest BCUT2D eigenvalue weighted by molar-refractivity contribution is -0.162. The minimum Gasteiger partial charge on any atom is -0.392 e. The molecule has 2 nitrogen and oxygen atoms in total. The molecular weight excluding hydrogens is 264 g/mol. The lowest BCUT2D eigenvalue weighted by Crippen LogP contribution is -2.17. The maximum atomic E-state index is 12.5. The molecule has 8 heteroatoms. The van der Waals surface area contributed by atoms with Gasteiger partial charge in [0.25, 0.3) is 0 Å². The van der Waals surface area contributed by atoms with E-state index in [0.717, 1.165) is 0 Å². The molecule has 0 saturated carbocycles. The maximum Gasteiger partial charge on any atom is 0.417 e. The van der Waals surface area contributed by atoms with Crippen molar-refractivity contribution in [2.75, 3.05) is 0 Å². The molecule has 0 bridgehead atoms. The van der Waals surface area contributed by atoms with Crippen LogP contribution in [0.25, 0.3) is 0 Å². The molecule has 1 aromatic carbocycles. The molecule has 0 spiro atoms. The van der Waals surface area contributed by atoms with Crippen molar-refractivity contribution in [1.82, 2.24) is 0 Å². The molecule has 1 aromatic rings. The highest BCUT2D eigenvalue weighted by Gasteiger charge is 2.43. The average molecular weight is 269 g/mol. The van der Waals surface area contributed by atoms with Gasteiger partial charge in [-0.3, -0.25) is 0 Å². The Balaban J connectivity index is 3.64. The summed E-state index contributed by atoms with van der Waals surface area (Å²) >= 11 is 0. The van der Waals surface area contributed by atoms with Crippen LogP contribution in [0.5, 0.6) is 0 Å². The second-order valence-corrected chi connectivity index (χ2v) is 3.32. The normalized spacial score (nSPS) is 12.3. The first kappa shape index (κ1) is 14.3. The number of nitrogens with zero attached hydrogens (tertiary/aromatic N) is 1. The maximum absolute atomic E-state index is 12.5. The van der Waals surface area contributed by atoms with E-state index in [1.807, 2.05) is 0 Å². The summed E-state index contributed by atoms with van der Waals surface area (Å²) in [6.45, 7) is -0.954. The van der Waals surface area contributed by atoms with Crippen LogP contribution in [0.3, 0.4) is 0 Å². The van der Waals surface area contributed by atoms with Crippen LogP contribution in [0, 0.1) is 11.3 Å². The Hall–Kier alpha value is -1.75. The Bertz CT molecular complexity index is 497. The molecule has 0 unspecified atom stereocenters. The molecule has 0 atom stereocenters. The second kappa shape index (κ2) is 4.49. The van der Waals surface area contributed by atoms with Gasteiger partial charge in [-0.15, -0.1) is 0 Å². The van der Waals surface area contributed by atoms with Gasteiger partial charge in [0.05, 0.1) is 29.4 Å². The van der Waals surface area contributed by atoms with Crippen molar-refractivity contribution in [3.05, 3.63) is 34.4 Å². The van der Waals surface area contributed by atoms with Gasteiger partial charge in [-0.05, 0) is 17.7 Å². The second-order valence-electron chi connectivity index (χ2n) is 3.32. The molecule has 0 saturated heterocycles. The molecule has 0 heterocycles. The number of alkyl halides is 6. The topological polar surface area (TPSA) is 44.0 Å². The van der Waals surface area contributed by atoms with Crippen LogP contribution in [0.15, 0.2) is 12.1 Å². The third kappa shape index (κ3) is 2.73. The first-order valence-electron chi connectivity index (χ1n) is 4.43. The van der Waals surface area contributed by atoms with Gasteiger partial charge in [0.15, 0.2) is 0 Å². The monoisotopic (exact) mass is 269 g/mol. The molecule has 98 valence electrons. The summed E-state index contributed by atoms with van der Waals surface area (Å²) in [6.07, 6.45) is -10.5. The highest BCUT2D eigenvalue weighted by Crippen LogP contribution is 2.41. The predicted molar refractivity (Wildman–Crippen MR) is 47.1 cm³/mol. The molecule has 0 aromatic heterocycles. The standard InChI is InChI=1S/C10H5F6NO/c11-9(12,13)7-1-5(3-17)6(4-18)2-8(7)10(14,15)16/h1-2,18H,4H2. The van der Waals surface area contributed by atoms with Crippen molar-refractivity contribution < 1.29 is 31.4 Å². The number of rotatable bonds is 1. The van der Waals surface area contributed by atoms with E-state index in [4.69, 9.17) is 10.4 Å². The van der Waals surface area contributed by atoms with Crippen LogP contribution in [0.1, 0.15) is 22.3 Å². The number of aliphatic hydroxyl groups is 1. The van der Waals surface area contributed by atoms with Crippen molar-refractivity contribution in [3.63, 3.8) is 0 Å². The number of benzene rings is 1. The highest BCUT2D eigenvalue weighted by atomic mass is 19.4. The largest absolute Gasteiger partial charge is 0.417 e. The lowest BCUT2D eigenvalue weighted by Gasteiger charge is -2.17. The summed E-state index contributed by atoms with van der Waals surface area (Å²) in [7, 11) is 0. The minimum atomic E-state index is -5.23. The molecule has 0 aliphatic carbocycles. The smallest absolute Gasteiger partial charge is 0.392 e. The van der Waals surface area contributed by atoms with Crippen LogP contribution >= 0.6 is 0 Å². The Kier molecular flexibility index (Phi) is 3.57. The zero-order valence-corrected chi connectivity index (χ0v) is 8.52. The molecule has 1 rings (SSSR count). The van der Waals surface area contributed by atoms with E-state index in [2.05, 4.69) is 0 Å². The van der Waals surface area contributed by atoms with Crippen molar-refractivity contribution in [2.24, 2.45) is 0 Å².